The van der Waals surface area contributed by atoms with Crippen LogP contribution in [0.3, 0.4) is 0 Å². The van der Waals surface area contributed by atoms with E-state index in [1.54, 1.807) is 18.3 Å². The summed E-state index contributed by atoms with van der Waals surface area (Å²) in [5.41, 5.74) is 5.38. The standard InChI is InChI=1S/C24H24N2O3S/c1-15-10-16(2)20(17(3)11-15)13-23(27)26(14-19-6-5-9-29-19)24-25-21-8-7-18(28-4)12-22(21)30-24/h5-12H,13-14H2,1-4H3. The lowest BCUT2D eigenvalue weighted by Crippen LogP contribution is -2.32. The number of rotatable bonds is 6. The van der Waals surface area contributed by atoms with E-state index in [2.05, 4.69) is 32.9 Å². The Kier molecular flexibility index (Phi) is 5.59. The summed E-state index contributed by atoms with van der Waals surface area (Å²) in [5, 5.41) is 0.655. The summed E-state index contributed by atoms with van der Waals surface area (Å²) < 4.78 is 11.8. The van der Waals surface area contributed by atoms with Gasteiger partial charge in [-0.05, 0) is 67.8 Å². The number of hydrogen-bond donors (Lipinski definition) is 0. The van der Waals surface area contributed by atoms with Crippen molar-refractivity contribution in [2.24, 2.45) is 0 Å². The van der Waals surface area contributed by atoms with Gasteiger partial charge in [-0.2, -0.15) is 0 Å². The van der Waals surface area contributed by atoms with Crippen molar-refractivity contribution in [2.45, 2.75) is 33.7 Å². The van der Waals surface area contributed by atoms with Gasteiger partial charge in [-0.1, -0.05) is 29.0 Å². The van der Waals surface area contributed by atoms with Crippen LogP contribution in [0, 0.1) is 20.8 Å². The first-order chi connectivity index (χ1) is 14.4. The molecule has 0 saturated heterocycles. The first-order valence-corrected chi connectivity index (χ1v) is 10.6. The molecular weight excluding hydrogens is 396 g/mol. The zero-order valence-corrected chi connectivity index (χ0v) is 18.4. The molecule has 0 bridgehead atoms. The van der Waals surface area contributed by atoms with E-state index in [0.717, 1.165) is 38.4 Å². The molecule has 2 aromatic heterocycles. The molecule has 0 atom stereocenters. The van der Waals surface area contributed by atoms with Gasteiger partial charge in [-0.3, -0.25) is 9.69 Å². The van der Waals surface area contributed by atoms with Crippen molar-refractivity contribution in [3.05, 3.63) is 76.7 Å². The molecule has 0 aliphatic rings. The van der Waals surface area contributed by atoms with Crippen LogP contribution in [0.25, 0.3) is 10.2 Å². The van der Waals surface area contributed by atoms with Gasteiger partial charge >= 0.3 is 0 Å². The summed E-state index contributed by atoms with van der Waals surface area (Å²) in [5.74, 6) is 1.48. The molecule has 4 aromatic rings. The van der Waals surface area contributed by atoms with E-state index in [9.17, 15) is 4.79 Å². The molecule has 154 valence electrons. The molecule has 5 nitrogen and oxygen atoms in total. The highest BCUT2D eigenvalue weighted by Gasteiger charge is 2.23. The van der Waals surface area contributed by atoms with E-state index in [-0.39, 0.29) is 5.91 Å². The minimum atomic E-state index is -0.00697. The number of aryl methyl sites for hydroxylation is 3. The van der Waals surface area contributed by atoms with Crippen LogP contribution in [-0.4, -0.2) is 18.0 Å². The summed E-state index contributed by atoms with van der Waals surface area (Å²) in [6, 6.07) is 13.7. The van der Waals surface area contributed by atoms with Crippen LogP contribution >= 0.6 is 11.3 Å². The van der Waals surface area contributed by atoms with E-state index >= 15 is 0 Å². The van der Waals surface area contributed by atoms with Crippen LogP contribution in [0.1, 0.15) is 28.0 Å². The lowest BCUT2D eigenvalue weighted by molar-refractivity contribution is -0.118. The molecule has 2 heterocycles. The maximum absolute atomic E-state index is 13.5. The minimum Gasteiger partial charge on any atom is -0.497 e. The number of fused-ring (bicyclic) bond motifs is 1. The first-order valence-electron chi connectivity index (χ1n) is 9.78. The summed E-state index contributed by atoms with van der Waals surface area (Å²) in [7, 11) is 1.64. The second-order valence-corrected chi connectivity index (χ2v) is 8.45. The number of thiazole rings is 1. The van der Waals surface area contributed by atoms with Gasteiger partial charge in [0.15, 0.2) is 5.13 Å². The number of carbonyl (C=O) groups is 1. The molecule has 0 radical (unpaired) electrons. The second kappa shape index (κ2) is 8.32. The predicted octanol–water partition coefficient (Wildman–Crippen LogP) is 5.60. The normalized spacial score (nSPS) is 11.1. The highest BCUT2D eigenvalue weighted by atomic mass is 32.1. The second-order valence-electron chi connectivity index (χ2n) is 7.44. The van der Waals surface area contributed by atoms with Crippen molar-refractivity contribution < 1.29 is 13.9 Å². The summed E-state index contributed by atoms with van der Waals surface area (Å²) in [6.45, 7) is 6.53. The third-order valence-corrected chi connectivity index (χ3v) is 6.22. The smallest absolute Gasteiger partial charge is 0.233 e. The van der Waals surface area contributed by atoms with Crippen molar-refractivity contribution in [2.75, 3.05) is 12.0 Å². The van der Waals surface area contributed by atoms with E-state index in [4.69, 9.17) is 14.1 Å². The monoisotopic (exact) mass is 420 g/mol. The Labute approximate surface area is 179 Å². The van der Waals surface area contributed by atoms with Crippen molar-refractivity contribution in [3.63, 3.8) is 0 Å². The Morgan fingerprint density at radius 1 is 1.13 bits per heavy atom. The molecule has 0 fully saturated rings. The number of ether oxygens (including phenoxy) is 1. The number of aromatic nitrogens is 1. The Bertz CT molecular complexity index is 1170. The Balaban J connectivity index is 1.70. The maximum atomic E-state index is 13.5. The average molecular weight is 421 g/mol. The molecule has 0 aliphatic heterocycles. The van der Waals surface area contributed by atoms with E-state index in [1.807, 2.05) is 30.3 Å². The zero-order chi connectivity index (χ0) is 21.3. The molecule has 0 N–H and O–H groups in total. The zero-order valence-electron chi connectivity index (χ0n) is 17.6. The fourth-order valence-electron chi connectivity index (χ4n) is 3.69. The first kappa shape index (κ1) is 20.2. The number of methoxy groups -OCH3 is 1. The quantitative estimate of drug-likeness (QED) is 0.407. The highest BCUT2D eigenvalue weighted by molar-refractivity contribution is 7.22. The third kappa shape index (κ3) is 4.09. The molecule has 2 aromatic carbocycles. The molecule has 1 amide bonds. The Morgan fingerprint density at radius 3 is 2.57 bits per heavy atom. The van der Waals surface area contributed by atoms with Gasteiger partial charge in [-0.25, -0.2) is 4.98 Å². The lowest BCUT2D eigenvalue weighted by Gasteiger charge is -2.20. The van der Waals surface area contributed by atoms with Crippen LogP contribution in [-0.2, 0) is 17.8 Å². The van der Waals surface area contributed by atoms with Crippen LogP contribution in [0.15, 0.2) is 53.1 Å². The van der Waals surface area contributed by atoms with Crippen LogP contribution in [0.5, 0.6) is 5.75 Å². The van der Waals surface area contributed by atoms with Gasteiger partial charge in [-0.15, -0.1) is 0 Å². The number of carbonyl (C=O) groups excluding carboxylic acids is 1. The maximum Gasteiger partial charge on any atom is 0.233 e. The lowest BCUT2D eigenvalue weighted by atomic mass is 9.97. The molecule has 0 spiro atoms. The van der Waals surface area contributed by atoms with Crippen molar-refractivity contribution in [1.82, 2.24) is 4.98 Å². The number of benzene rings is 2. The molecule has 4 rings (SSSR count). The molecular formula is C24H24N2O3S. The SMILES string of the molecule is COc1ccc2nc(N(Cc3ccco3)C(=O)Cc3c(C)cc(C)cc3C)sc2c1. The van der Waals surface area contributed by atoms with Crippen molar-refractivity contribution in [1.29, 1.82) is 0 Å². The van der Waals surface area contributed by atoms with Crippen LogP contribution in [0.2, 0.25) is 0 Å². The van der Waals surface area contributed by atoms with Crippen molar-refractivity contribution in [3.8, 4) is 5.75 Å². The Hall–Kier alpha value is -3.12. The largest absolute Gasteiger partial charge is 0.497 e. The van der Waals surface area contributed by atoms with Gasteiger partial charge in [0.25, 0.3) is 0 Å². The number of amides is 1. The van der Waals surface area contributed by atoms with Gasteiger partial charge in [0.1, 0.15) is 11.5 Å². The summed E-state index contributed by atoms with van der Waals surface area (Å²) >= 11 is 1.48. The van der Waals surface area contributed by atoms with E-state index < -0.39 is 0 Å². The third-order valence-electron chi connectivity index (χ3n) is 5.18. The fourth-order valence-corrected chi connectivity index (χ4v) is 4.70. The topological polar surface area (TPSA) is 55.6 Å². The number of anilines is 1. The van der Waals surface area contributed by atoms with Gasteiger partial charge in [0, 0.05) is 0 Å². The van der Waals surface area contributed by atoms with Gasteiger partial charge < -0.3 is 9.15 Å². The predicted molar refractivity (Wildman–Crippen MR) is 120 cm³/mol. The summed E-state index contributed by atoms with van der Waals surface area (Å²) in [4.78, 5) is 19.9. The highest BCUT2D eigenvalue weighted by Crippen LogP contribution is 2.33. The Morgan fingerprint density at radius 2 is 1.90 bits per heavy atom. The number of hydrogen-bond acceptors (Lipinski definition) is 5. The fraction of sp³-hybridized carbons (Fsp3) is 0.250. The molecule has 30 heavy (non-hydrogen) atoms. The molecule has 0 unspecified atom stereocenters. The van der Waals surface area contributed by atoms with Gasteiger partial charge in [0.05, 0.1) is 36.6 Å². The molecule has 0 aliphatic carbocycles. The van der Waals surface area contributed by atoms with E-state index in [1.165, 1.54) is 16.9 Å². The number of furan rings is 1. The average Bonchev–Trinajstić information content (AvgIpc) is 3.37. The van der Waals surface area contributed by atoms with Crippen LogP contribution in [0.4, 0.5) is 5.13 Å². The van der Waals surface area contributed by atoms with Crippen LogP contribution < -0.4 is 9.64 Å². The van der Waals surface area contributed by atoms with Gasteiger partial charge in [0.2, 0.25) is 5.91 Å². The molecule has 0 saturated carbocycles. The minimum absolute atomic E-state index is 0.00697. The summed E-state index contributed by atoms with van der Waals surface area (Å²) in [6.07, 6.45) is 1.94. The molecule has 6 heteroatoms. The van der Waals surface area contributed by atoms with E-state index in [0.29, 0.717) is 18.1 Å². The van der Waals surface area contributed by atoms with Crippen molar-refractivity contribution >= 4 is 32.6 Å². The number of nitrogens with zero attached hydrogens (tertiary/aromatic N) is 2.